The average Bonchev–Trinajstić information content (AvgIpc) is 2.71. The van der Waals surface area contributed by atoms with Crippen molar-refractivity contribution in [3.05, 3.63) is 35.9 Å². The van der Waals surface area contributed by atoms with Crippen molar-refractivity contribution in [2.24, 2.45) is 0 Å². The Labute approximate surface area is 186 Å². The van der Waals surface area contributed by atoms with Crippen molar-refractivity contribution in [2.45, 2.75) is 96.1 Å². The van der Waals surface area contributed by atoms with Gasteiger partial charge < -0.3 is 25.8 Å². The molecule has 3 atom stereocenters. The summed E-state index contributed by atoms with van der Waals surface area (Å²) in [7, 11) is 0. The van der Waals surface area contributed by atoms with Gasteiger partial charge in [0.1, 0.15) is 5.60 Å². The molecule has 4 N–H and O–H groups in total. The van der Waals surface area contributed by atoms with Gasteiger partial charge in [-0.05, 0) is 52.5 Å². The molecule has 1 aliphatic rings. The number of alkyl carbamates (subject to hydrolysis) is 1. The summed E-state index contributed by atoms with van der Waals surface area (Å²) in [6.07, 6.45) is 4.59. The molecule has 2 rings (SSSR count). The zero-order valence-electron chi connectivity index (χ0n) is 19.3. The molecule has 31 heavy (non-hydrogen) atoms. The van der Waals surface area contributed by atoms with Gasteiger partial charge >= 0.3 is 6.09 Å². The zero-order chi connectivity index (χ0) is 22.9. The van der Waals surface area contributed by atoms with Gasteiger partial charge in [-0.3, -0.25) is 4.79 Å². The van der Waals surface area contributed by atoms with Crippen molar-refractivity contribution >= 4 is 12.0 Å². The van der Waals surface area contributed by atoms with Crippen LogP contribution in [0.5, 0.6) is 0 Å². The van der Waals surface area contributed by atoms with Gasteiger partial charge in [0, 0.05) is 12.6 Å². The number of benzene rings is 1. The monoisotopic (exact) mass is 433 g/mol. The molecule has 0 aromatic heterocycles. The molecule has 0 heterocycles. The van der Waals surface area contributed by atoms with Crippen LogP contribution in [-0.2, 0) is 16.0 Å². The number of hydrogen-bond donors (Lipinski definition) is 4. The van der Waals surface area contributed by atoms with Crippen molar-refractivity contribution in [2.75, 3.05) is 6.54 Å². The second-order valence-electron chi connectivity index (χ2n) is 9.48. The summed E-state index contributed by atoms with van der Waals surface area (Å²) in [5.41, 5.74) is 0.363. The lowest BCUT2D eigenvalue weighted by Crippen LogP contribution is -2.53. The molecule has 1 aromatic carbocycles. The maximum atomic E-state index is 12.5. The minimum absolute atomic E-state index is 0.0567. The lowest BCUT2D eigenvalue weighted by atomic mass is 9.95. The van der Waals surface area contributed by atoms with Crippen molar-refractivity contribution in [3.8, 4) is 0 Å². The van der Waals surface area contributed by atoms with Crippen LogP contribution in [0.15, 0.2) is 30.3 Å². The summed E-state index contributed by atoms with van der Waals surface area (Å²) in [6, 6.07) is 8.91. The molecule has 1 aliphatic carbocycles. The minimum atomic E-state index is -0.891. The second kappa shape index (κ2) is 12.1. The zero-order valence-corrected chi connectivity index (χ0v) is 19.3. The SMILES string of the molecule is C[C@H](NC[C@@H](O)[C@H](Cc1ccccc1)NC(=O)OC(C)(C)C)C(=O)NC1CCCCC1. The fourth-order valence-corrected chi connectivity index (χ4v) is 3.72. The number of carbonyl (C=O) groups excluding carboxylic acids is 2. The quantitative estimate of drug-likeness (QED) is 0.480. The summed E-state index contributed by atoms with van der Waals surface area (Å²) < 4.78 is 5.36. The Morgan fingerprint density at radius 2 is 1.77 bits per heavy atom. The maximum absolute atomic E-state index is 12.5. The summed E-state index contributed by atoms with van der Waals surface area (Å²) in [6.45, 7) is 7.35. The Balaban J connectivity index is 1.91. The Morgan fingerprint density at radius 1 is 1.13 bits per heavy atom. The minimum Gasteiger partial charge on any atom is -0.444 e. The summed E-state index contributed by atoms with van der Waals surface area (Å²) in [5.74, 6) is -0.0567. The van der Waals surface area contributed by atoms with Gasteiger partial charge in [-0.2, -0.15) is 0 Å². The lowest BCUT2D eigenvalue weighted by Gasteiger charge is -2.28. The largest absolute Gasteiger partial charge is 0.444 e. The van der Waals surface area contributed by atoms with Crippen LogP contribution < -0.4 is 16.0 Å². The molecule has 174 valence electrons. The molecule has 7 nitrogen and oxygen atoms in total. The third-order valence-corrected chi connectivity index (χ3v) is 5.44. The third-order valence-electron chi connectivity index (χ3n) is 5.44. The first-order chi connectivity index (χ1) is 14.6. The molecule has 0 saturated heterocycles. The smallest absolute Gasteiger partial charge is 0.407 e. The highest BCUT2D eigenvalue weighted by atomic mass is 16.6. The predicted octanol–water partition coefficient (Wildman–Crippen LogP) is 2.91. The molecule has 2 amide bonds. The Kier molecular flexibility index (Phi) is 9.78. The van der Waals surface area contributed by atoms with Gasteiger partial charge in [0.15, 0.2) is 0 Å². The number of hydrogen-bond acceptors (Lipinski definition) is 5. The topological polar surface area (TPSA) is 99.7 Å². The molecule has 0 aliphatic heterocycles. The second-order valence-corrected chi connectivity index (χ2v) is 9.48. The highest BCUT2D eigenvalue weighted by Crippen LogP contribution is 2.17. The van der Waals surface area contributed by atoms with E-state index in [0.29, 0.717) is 6.42 Å². The molecule has 1 fully saturated rings. The molecule has 0 radical (unpaired) electrons. The molecule has 7 heteroatoms. The van der Waals surface area contributed by atoms with E-state index in [1.807, 2.05) is 30.3 Å². The first-order valence-corrected chi connectivity index (χ1v) is 11.4. The van der Waals surface area contributed by atoms with E-state index in [1.54, 1.807) is 27.7 Å². The Hall–Kier alpha value is -2.12. The fourth-order valence-electron chi connectivity index (χ4n) is 3.72. The molecule has 0 bridgehead atoms. The van der Waals surface area contributed by atoms with Crippen molar-refractivity contribution in [3.63, 3.8) is 0 Å². The number of amides is 2. The van der Waals surface area contributed by atoms with Crippen LogP contribution in [-0.4, -0.2) is 53.5 Å². The molecular weight excluding hydrogens is 394 g/mol. The normalized spacial score (nSPS) is 18.0. The van der Waals surface area contributed by atoms with Crippen molar-refractivity contribution in [1.29, 1.82) is 0 Å². The van der Waals surface area contributed by atoms with Crippen molar-refractivity contribution in [1.82, 2.24) is 16.0 Å². The molecular formula is C24H39N3O4. The third kappa shape index (κ3) is 9.70. The van der Waals surface area contributed by atoms with E-state index >= 15 is 0 Å². The maximum Gasteiger partial charge on any atom is 0.407 e. The van der Waals surface area contributed by atoms with Crippen LogP contribution in [0.4, 0.5) is 4.79 Å². The lowest BCUT2D eigenvalue weighted by molar-refractivity contribution is -0.123. The molecule has 1 saturated carbocycles. The summed E-state index contributed by atoms with van der Waals surface area (Å²) in [5, 5.41) is 19.8. The van der Waals surface area contributed by atoms with Gasteiger partial charge in [-0.1, -0.05) is 49.6 Å². The molecule has 0 spiro atoms. The van der Waals surface area contributed by atoms with Gasteiger partial charge in [0.05, 0.1) is 18.2 Å². The van der Waals surface area contributed by atoms with E-state index in [9.17, 15) is 14.7 Å². The van der Waals surface area contributed by atoms with Crippen LogP contribution in [0.25, 0.3) is 0 Å². The Bertz CT molecular complexity index is 684. The van der Waals surface area contributed by atoms with E-state index in [4.69, 9.17) is 4.74 Å². The van der Waals surface area contributed by atoms with Gasteiger partial charge in [-0.25, -0.2) is 4.79 Å². The van der Waals surface area contributed by atoms with Crippen molar-refractivity contribution < 1.29 is 19.4 Å². The van der Waals surface area contributed by atoms with E-state index in [2.05, 4.69) is 16.0 Å². The molecule has 1 aromatic rings. The summed E-state index contributed by atoms with van der Waals surface area (Å²) >= 11 is 0. The number of aliphatic hydroxyl groups excluding tert-OH is 1. The van der Waals surface area contributed by atoms with Gasteiger partial charge in [0.2, 0.25) is 5.91 Å². The Morgan fingerprint density at radius 3 is 2.39 bits per heavy atom. The van der Waals surface area contributed by atoms with Gasteiger partial charge in [0.25, 0.3) is 0 Å². The molecule has 0 unspecified atom stereocenters. The predicted molar refractivity (Wildman–Crippen MR) is 122 cm³/mol. The van der Waals surface area contributed by atoms with E-state index in [0.717, 1.165) is 31.2 Å². The van der Waals surface area contributed by atoms with Crippen LogP contribution in [0.1, 0.15) is 65.4 Å². The summed E-state index contributed by atoms with van der Waals surface area (Å²) in [4.78, 5) is 24.8. The van der Waals surface area contributed by atoms with E-state index < -0.39 is 29.9 Å². The average molecular weight is 434 g/mol. The number of aliphatic hydroxyl groups is 1. The van der Waals surface area contributed by atoms with Crippen LogP contribution in [0.2, 0.25) is 0 Å². The number of nitrogens with one attached hydrogen (secondary N) is 3. The number of rotatable bonds is 9. The first kappa shape index (κ1) is 25.1. The number of carbonyl (C=O) groups is 2. The van der Waals surface area contributed by atoms with Crippen LogP contribution in [0, 0.1) is 0 Å². The van der Waals surface area contributed by atoms with Crippen LogP contribution in [0.3, 0.4) is 0 Å². The highest BCUT2D eigenvalue weighted by Gasteiger charge is 2.26. The number of ether oxygens (including phenoxy) is 1. The standard InChI is InChI=1S/C24H39N3O4/c1-17(22(29)26-19-13-9-6-10-14-19)25-16-21(28)20(15-18-11-7-5-8-12-18)27-23(30)31-24(2,3)4/h5,7-8,11-12,17,19-21,25,28H,6,9-10,13-16H2,1-4H3,(H,26,29)(H,27,30)/t17-,20-,21+/m0/s1. The van der Waals surface area contributed by atoms with Gasteiger partial charge in [-0.15, -0.1) is 0 Å². The van der Waals surface area contributed by atoms with E-state index in [1.165, 1.54) is 6.42 Å². The van der Waals surface area contributed by atoms with E-state index in [-0.39, 0.29) is 18.5 Å². The fraction of sp³-hybridized carbons (Fsp3) is 0.667. The van der Waals surface area contributed by atoms with Crippen LogP contribution >= 0.6 is 0 Å². The highest BCUT2D eigenvalue weighted by molar-refractivity contribution is 5.81. The first-order valence-electron chi connectivity index (χ1n) is 11.4.